The van der Waals surface area contributed by atoms with Crippen molar-refractivity contribution >= 4 is 23.4 Å². The number of ether oxygens (including phenoxy) is 1. The number of hydrogen-bond donors (Lipinski definition) is 3. The highest BCUT2D eigenvalue weighted by atomic mass is 19.4. The van der Waals surface area contributed by atoms with Crippen LogP contribution in [0, 0.1) is 0 Å². The highest BCUT2D eigenvalue weighted by molar-refractivity contribution is 6.00. The van der Waals surface area contributed by atoms with Crippen LogP contribution >= 0.6 is 0 Å². The number of aromatic carboxylic acids is 1. The molecular formula is C15H11F3N2O4. The molecule has 2 aromatic carbocycles. The van der Waals surface area contributed by atoms with Crippen LogP contribution < -0.4 is 15.4 Å². The Morgan fingerprint density at radius 2 is 1.54 bits per heavy atom. The summed E-state index contributed by atoms with van der Waals surface area (Å²) >= 11 is 0. The molecule has 0 saturated heterocycles. The van der Waals surface area contributed by atoms with Crippen LogP contribution in [-0.4, -0.2) is 23.5 Å². The monoisotopic (exact) mass is 340 g/mol. The van der Waals surface area contributed by atoms with Gasteiger partial charge in [-0.05, 0) is 30.3 Å². The number of urea groups is 1. The molecule has 0 spiro atoms. The number of rotatable bonds is 4. The van der Waals surface area contributed by atoms with E-state index in [9.17, 15) is 22.8 Å². The third kappa shape index (κ3) is 5.20. The van der Waals surface area contributed by atoms with Crippen LogP contribution in [0.25, 0.3) is 0 Å². The molecule has 6 nitrogen and oxygen atoms in total. The van der Waals surface area contributed by atoms with Crippen molar-refractivity contribution in [3.8, 4) is 5.75 Å². The molecule has 0 aliphatic rings. The summed E-state index contributed by atoms with van der Waals surface area (Å²) in [4.78, 5) is 22.7. The quantitative estimate of drug-likeness (QED) is 0.787. The number of amides is 2. The van der Waals surface area contributed by atoms with Gasteiger partial charge in [-0.2, -0.15) is 0 Å². The lowest BCUT2D eigenvalue weighted by molar-refractivity contribution is -0.274. The summed E-state index contributed by atoms with van der Waals surface area (Å²) < 4.78 is 40.2. The molecule has 9 heteroatoms. The second-order valence-electron chi connectivity index (χ2n) is 4.54. The topological polar surface area (TPSA) is 87.7 Å². The fourth-order valence-electron chi connectivity index (χ4n) is 1.79. The fraction of sp³-hybridized carbons (Fsp3) is 0.0667. The first-order valence-electron chi connectivity index (χ1n) is 6.50. The van der Waals surface area contributed by atoms with Crippen molar-refractivity contribution in [1.29, 1.82) is 0 Å². The number of carboxylic acids is 1. The number of nitrogens with one attached hydrogen (secondary N) is 2. The number of benzene rings is 2. The van der Waals surface area contributed by atoms with Crippen molar-refractivity contribution < 1.29 is 32.6 Å². The van der Waals surface area contributed by atoms with E-state index in [1.165, 1.54) is 36.4 Å². The first kappa shape index (κ1) is 17.1. The minimum Gasteiger partial charge on any atom is -0.478 e. The molecule has 24 heavy (non-hydrogen) atoms. The second kappa shape index (κ2) is 6.90. The normalized spacial score (nSPS) is 10.8. The Kier molecular flexibility index (Phi) is 4.93. The Labute approximate surface area is 133 Å². The summed E-state index contributed by atoms with van der Waals surface area (Å²) in [6.07, 6.45) is -4.84. The molecule has 2 amide bonds. The van der Waals surface area contributed by atoms with E-state index in [1.807, 2.05) is 0 Å². The van der Waals surface area contributed by atoms with Crippen LogP contribution in [0.15, 0.2) is 48.5 Å². The number of alkyl halides is 3. The number of anilines is 2. The molecule has 0 aromatic heterocycles. The van der Waals surface area contributed by atoms with Gasteiger partial charge in [0, 0.05) is 17.4 Å². The number of hydrogen-bond acceptors (Lipinski definition) is 3. The first-order chi connectivity index (χ1) is 11.2. The van der Waals surface area contributed by atoms with Gasteiger partial charge < -0.3 is 20.5 Å². The van der Waals surface area contributed by atoms with Gasteiger partial charge >= 0.3 is 18.4 Å². The lowest BCUT2D eigenvalue weighted by Gasteiger charge is -2.11. The highest BCUT2D eigenvalue weighted by Gasteiger charge is 2.31. The maximum absolute atomic E-state index is 12.2. The summed E-state index contributed by atoms with van der Waals surface area (Å²) in [7, 11) is 0. The van der Waals surface area contributed by atoms with Gasteiger partial charge in [0.05, 0.1) is 5.56 Å². The van der Waals surface area contributed by atoms with E-state index in [2.05, 4.69) is 15.4 Å². The van der Waals surface area contributed by atoms with E-state index >= 15 is 0 Å². The van der Waals surface area contributed by atoms with Crippen molar-refractivity contribution in [1.82, 2.24) is 0 Å². The Balaban J connectivity index is 2.03. The van der Waals surface area contributed by atoms with Gasteiger partial charge in [0.2, 0.25) is 0 Å². The van der Waals surface area contributed by atoms with E-state index in [0.29, 0.717) is 0 Å². The van der Waals surface area contributed by atoms with Gasteiger partial charge in [-0.1, -0.05) is 12.1 Å². The minimum absolute atomic E-state index is 0.0200. The fourth-order valence-corrected chi connectivity index (χ4v) is 1.79. The molecule has 2 aromatic rings. The second-order valence-corrected chi connectivity index (χ2v) is 4.54. The summed E-state index contributed by atoms with van der Waals surface area (Å²) in [5.41, 5.74) is 0.270. The van der Waals surface area contributed by atoms with Crippen LogP contribution in [0.2, 0.25) is 0 Å². The van der Waals surface area contributed by atoms with Crippen LogP contribution in [-0.2, 0) is 0 Å². The largest absolute Gasteiger partial charge is 0.573 e. The molecular weight excluding hydrogens is 329 g/mol. The lowest BCUT2D eigenvalue weighted by atomic mass is 10.2. The third-order valence-corrected chi connectivity index (χ3v) is 2.69. The smallest absolute Gasteiger partial charge is 0.478 e. The molecule has 0 aliphatic heterocycles. The van der Waals surface area contributed by atoms with Gasteiger partial charge in [-0.15, -0.1) is 13.2 Å². The van der Waals surface area contributed by atoms with Crippen molar-refractivity contribution in [2.45, 2.75) is 6.36 Å². The number of carbonyl (C=O) groups excluding carboxylic acids is 1. The van der Waals surface area contributed by atoms with Gasteiger partial charge in [0.1, 0.15) is 5.75 Å². The van der Waals surface area contributed by atoms with Crippen LogP contribution in [0.1, 0.15) is 10.4 Å². The van der Waals surface area contributed by atoms with Crippen molar-refractivity contribution in [3.63, 3.8) is 0 Å². The van der Waals surface area contributed by atoms with Crippen LogP contribution in [0.5, 0.6) is 5.75 Å². The molecule has 0 bridgehead atoms. The lowest BCUT2D eigenvalue weighted by Crippen LogP contribution is -2.20. The molecule has 0 radical (unpaired) electrons. The van der Waals surface area contributed by atoms with Gasteiger partial charge in [0.15, 0.2) is 0 Å². The van der Waals surface area contributed by atoms with Gasteiger partial charge in [-0.25, -0.2) is 9.59 Å². The molecule has 0 unspecified atom stereocenters. The van der Waals surface area contributed by atoms with Crippen LogP contribution in [0.3, 0.4) is 0 Å². The minimum atomic E-state index is -4.84. The molecule has 0 saturated carbocycles. The molecule has 3 N–H and O–H groups in total. The number of carboxylic acid groups (broad SMARTS) is 1. The standard InChI is InChI=1S/C15H11F3N2O4/c16-15(17,18)24-12-6-2-5-11(8-12)20-14(23)19-10-4-1-3-9(7-10)13(21)22/h1-8H,(H,21,22)(H2,19,20,23). The summed E-state index contributed by atoms with van der Waals surface area (Å²) in [6, 6.07) is 9.49. The average molecular weight is 340 g/mol. The summed E-state index contributed by atoms with van der Waals surface area (Å²) in [6.45, 7) is 0. The van der Waals surface area contributed by atoms with E-state index in [0.717, 1.165) is 12.1 Å². The van der Waals surface area contributed by atoms with Crippen molar-refractivity contribution in [3.05, 3.63) is 54.1 Å². The number of halogens is 3. The summed E-state index contributed by atoms with van der Waals surface area (Å²) in [5, 5.41) is 13.6. The third-order valence-electron chi connectivity index (χ3n) is 2.69. The predicted molar refractivity (Wildman–Crippen MR) is 79.2 cm³/mol. The van der Waals surface area contributed by atoms with E-state index < -0.39 is 24.1 Å². The van der Waals surface area contributed by atoms with Crippen LogP contribution in [0.4, 0.5) is 29.3 Å². The van der Waals surface area contributed by atoms with E-state index in [1.54, 1.807) is 0 Å². The summed E-state index contributed by atoms with van der Waals surface area (Å²) in [5.74, 6) is -1.63. The molecule has 0 heterocycles. The molecule has 0 fully saturated rings. The Hall–Kier alpha value is -3.23. The highest BCUT2D eigenvalue weighted by Crippen LogP contribution is 2.25. The Morgan fingerprint density at radius 1 is 0.958 bits per heavy atom. The Bertz CT molecular complexity index is 762. The molecule has 0 atom stereocenters. The average Bonchev–Trinajstić information content (AvgIpc) is 2.45. The zero-order chi connectivity index (χ0) is 17.7. The molecule has 2 rings (SSSR count). The van der Waals surface area contributed by atoms with Crippen molar-refractivity contribution in [2.24, 2.45) is 0 Å². The van der Waals surface area contributed by atoms with Gasteiger partial charge in [-0.3, -0.25) is 0 Å². The molecule has 0 aliphatic carbocycles. The zero-order valence-corrected chi connectivity index (χ0v) is 11.9. The van der Waals surface area contributed by atoms with Crippen molar-refractivity contribution in [2.75, 3.05) is 10.6 Å². The number of carbonyl (C=O) groups is 2. The zero-order valence-electron chi connectivity index (χ0n) is 11.9. The maximum Gasteiger partial charge on any atom is 0.573 e. The maximum atomic E-state index is 12.2. The Morgan fingerprint density at radius 3 is 2.12 bits per heavy atom. The van der Waals surface area contributed by atoms with Gasteiger partial charge in [0.25, 0.3) is 0 Å². The van der Waals surface area contributed by atoms with E-state index in [-0.39, 0.29) is 16.9 Å². The SMILES string of the molecule is O=C(Nc1cccc(OC(F)(F)F)c1)Nc1cccc(C(=O)O)c1. The van der Waals surface area contributed by atoms with E-state index in [4.69, 9.17) is 5.11 Å². The first-order valence-corrected chi connectivity index (χ1v) is 6.50. The predicted octanol–water partition coefficient (Wildman–Crippen LogP) is 3.93. The molecule has 126 valence electrons.